The zero-order valence-corrected chi connectivity index (χ0v) is 13.3. The Morgan fingerprint density at radius 2 is 1.72 bits per heavy atom. The van der Waals surface area contributed by atoms with Crippen molar-refractivity contribution in [1.82, 2.24) is 0 Å². The third kappa shape index (κ3) is 3.59. The van der Waals surface area contributed by atoms with E-state index in [1.54, 1.807) is 0 Å². The van der Waals surface area contributed by atoms with Crippen molar-refractivity contribution in [3.8, 4) is 0 Å². The molecule has 0 aliphatic rings. The van der Waals surface area contributed by atoms with Gasteiger partial charge in [0.05, 0.1) is 6.04 Å². The van der Waals surface area contributed by atoms with E-state index in [2.05, 4.69) is 80.5 Å². The summed E-state index contributed by atoms with van der Waals surface area (Å²) in [4.78, 5) is 0. The van der Waals surface area contributed by atoms with Crippen molar-refractivity contribution >= 4 is 37.5 Å². The first-order valence-corrected chi connectivity index (χ1v) is 7.55. The molecule has 0 aliphatic heterocycles. The van der Waals surface area contributed by atoms with Crippen molar-refractivity contribution in [3.63, 3.8) is 0 Å². The molecule has 0 fully saturated rings. The average Bonchev–Trinajstić information content (AvgIpc) is 2.37. The molecule has 3 heteroatoms. The Hall–Kier alpha value is -0.800. The summed E-state index contributed by atoms with van der Waals surface area (Å²) >= 11 is 6.96. The Labute approximate surface area is 125 Å². The summed E-state index contributed by atoms with van der Waals surface area (Å²) in [6, 6.07) is 17.1. The Morgan fingerprint density at radius 3 is 2.33 bits per heavy atom. The van der Waals surface area contributed by atoms with Crippen molar-refractivity contribution in [3.05, 3.63) is 63.0 Å². The Kier molecular flexibility index (Phi) is 4.84. The van der Waals surface area contributed by atoms with Crippen molar-refractivity contribution in [2.45, 2.75) is 19.4 Å². The molecule has 0 amide bonds. The van der Waals surface area contributed by atoms with Gasteiger partial charge in [-0.05, 0) is 42.3 Å². The maximum Gasteiger partial charge on any atom is 0.0511 e. The van der Waals surface area contributed by atoms with E-state index in [9.17, 15) is 0 Å². The quantitative estimate of drug-likeness (QED) is 0.721. The van der Waals surface area contributed by atoms with Gasteiger partial charge < -0.3 is 5.32 Å². The maximum atomic E-state index is 3.56. The van der Waals surface area contributed by atoms with Crippen LogP contribution in [-0.2, 0) is 0 Å². The second-order valence-electron chi connectivity index (χ2n) is 4.17. The summed E-state index contributed by atoms with van der Waals surface area (Å²) in [7, 11) is 0. The fourth-order valence-corrected chi connectivity index (χ4v) is 2.56. The van der Waals surface area contributed by atoms with Gasteiger partial charge in [-0.25, -0.2) is 0 Å². The van der Waals surface area contributed by atoms with Gasteiger partial charge in [-0.15, -0.1) is 0 Å². The molecule has 0 saturated carbocycles. The summed E-state index contributed by atoms with van der Waals surface area (Å²) in [6.45, 7) is 2.19. The van der Waals surface area contributed by atoms with Gasteiger partial charge in [-0.2, -0.15) is 0 Å². The zero-order valence-electron chi connectivity index (χ0n) is 10.2. The molecule has 1 nitrogen and oxygen atoms in total. The second-order valence-corrected chi connectivity index (χ2v) is 6.00. The number of anilines is 1. The van der Waals surface area contributed by atoms with Gasteiger partial charge in [0.2, 0.25) is 0 Å². The smallest absolute Gasteiger partial charge is 0.0511 e. The van der Waals surface area contributed by atoms with Gasteiger partial charge in [-0.3, -0.25) is 0 Å². The lowest BCUT2D eigenvalue weighted by molar-refractivity contribution is 0.749. The van der Waals surface area contributed by atoms with Crippen LogP contribution in [0.3, 0.4) is 0 Å². The van der Waals surface area contributed by atoms with Crippen LogP contribution in [0.1, 0.15) is 24.9 Å². The van der Waals surface area contributed by atoms with Crippen LogP contribution in [-0.4, -0.2) is 0 Å². The highest BCUT2D eigenvalue weighted by Crippen LogP contribution is 2.25. The third-order valence-electron chi connectivity index (χ3n) is 2.85. The molecule has 0 aromatic heterocycles. The van der Waals surface area contributed by atoms with E-state index >= 15 is 0 Å². The predicted molar refractivity (Wildman–Crippen MR) is 84.9 cm³/mol. The molecular formula is C15H15Br2N. The zero-order chi connectivity index (χ0) is 13.0. The molecular weight excluding hydrogens is 354 g/mol. The monoisotopic (exact) mass is 367 g/mol. The molecule has 94 valence electrons. The fraction of sp³-hybridized carbons (Fsp3) is 0.200. The van der Waals surface area contributed by atoms with Gasteiger partial charge in [0, 0.05) is 14.6 Å². The van der Waals surface area contributed by atoms with Crippen molar-refractivity contribution in [2.24, 2.45) is 0 Å². The standard InChI is InChI=1S/C15H15Br2N/c1-2-15(11-6-8-12(16)9-7-11)18-14-5-3-4-13(17)10-14/h3-10,15,18H,2H2,1H3. The van der Waals surface area contributed by atoms with Crippen LogP contribution in [0.25, 0.3) is 0 Å². The topological polar surface area (TPSA) is 12.0 Å². The van der Waals surface area contributed by atoms with E-state index in [0.717, 1.165) is 21.1 Å². The van der Waals surface area contributed by atoms with E-state index in [1.807, 2.05) is 12.1 Å². The highest BCUT2D eigenvalue weighted by atomic mass is 79.9. The molecule has 0 aliphatic carbocycles. The van der Waals surface area contributed by atoms with E-state index in [0.29, 0.717) is 6.04 Å². The Morgan fingerprint density at radius 1 is 1.00 bits per heavy atom. The summed E-state index contributed by atoms with van der Waals surface area (Å²) in [5.41, 5.74) is 2.44. The number of rotatable bonds is 4. The highest BCUT2D eigenvalue weighted by Gasteiger charge is 2.08. The van der Waals surface area contributed by atoms with Gasteiger partial charge >= 0.3 is 0 Å². The summed E-state index contributed by atoms with van der Waals surface area (Å²) < 4.78 is 2.21. The molecule has 0 heterocycles. The number of hydrogen-bond acceptors (Lipinski definition) is 1. The largest absolute Gasteiger partial charge is 0.378 e. The molecule has 2 rings (SSSR count). The van der Waals surface area contributed by atoms with Crippen molar-refractivity contribution < 1.29 is 0 Å². The molecule has 0 saturated heterocycles. The first kappa shape index (κ1) is 13.6. The van der Waals surface area contributed by atoms with E-state index in [1.165, 1.54) is 5.56 Å². The lowest BCUT2D eigenvalue weighted by Crippen LogP contribution is -2.09. The lowest BCUT2D eigenvalue weighted by Gasteiger charge is -2.19. The molecule has 0 radical (unpaired) electrons. The van der Waals surface area contributed by atoms with Crippen LogP contribution >= 0.6 is 31.9 Å². The first-order valence-electron chi connectivity index (χ1n) is 5.96. The molecule has 2 aromatic carbocycles. The van der Waals surface area contributed by atoms with E-state index in [-0.39, 0.29) is 0 Å². The maximum absolute atomic E-state index is 3.56. The average molecular weight is 369 g/mol. The minimum absolute atomic E-state index is 0.340. The van der Waals surface area contributed by atoms with Crippen LogP contribution in [0.5, 0.6) is 0 Å². The molecule has 0 bridgehead atoms. The number of benzene rings is 2. The van der Waals surface area contributed by atoms with Crippen molar-refractivity contribution in [2.75, 3.05) is 5.32 Å². The molecule has 2 aromatic rings. The minimum Gasteiger partial charge on any atom is -0.378 e. The van der Waals surface area contributed by atoms with Crippen molar-refractivity contribution in [1.29, 1.82) is 0 Å². The predicted octanol–water partition coefficient (Wildman–Crippen LogP) is 5.77. The number of nitrogens with one attached hydrogen (secondary N) is 1. The second kappa shape index (κ2) is 6.39. The molecule has 0 spiro atoms. The lowest BCUT2D eigenvalue weighted by atomic mass is 10.0. The first-order chi connectivity index (χ1) is 8.69. The Balaban J connectivity index is 2.17. The number of halogens is 2. The molecule has 1 atom stereocenters. The van der Waals surface area contributed by atoms with Crippen LogP contribution in [0.15, 0.2) is 57.5 Å². The third-order valence-corrected chi connectivity index (χ3v) is 3.87. The van der Waals surface area contributed by atoms with E-state index < -0.39 is 0 Å². The van der Waals surface area contributed by atoms with Gasteiger partial charge in [0.15, 0.2) is 0 Å². The molecule has 1 N–H and O–H groups in total. The highest BCUT2D eigenvalue weighted by molar-refractivity contribution is 9.10. The van der Waals surface area contributed by atoms with Crippen LogP contribution in [0.4, 0.5) is 5.69 Å². The fourth-order valence-electron chi connectivity index (χ4n) is 1.90. The summed E-state index contributed by atoms with van der Waals surface area (Å²) in [6.07, 6.45) is 1.05. The summed E-state index contributed by atoms with van der Waals surface area (Å²) in [5, 5.41) is 3.56. The van der Waals surface area contributed by atoms with Gasteiger partial charge in [-0.1, -0.05) is 57.0 Å². The molecule has 18 heavy (non-hydrogen) atoms. The SMILES string of the molecule is CCC(Nc1cccc(Br)c1)c1ccc(Br)cc1. The van der Waals surface area contributed by atoms with Crippen LogP contribution in [0.2, 0.25) is 0 Å². The van der Waals surface area contributed by atoms with E-state index in [4.69, 9.17) is 0 Å². The van der Waals surface area contributed by atoms with Gasteiger partial charge in [0.1, 0.15) is 0 Å². The van der Waals surface area contributed by atoms with Crippen LogP contribution in [0, 0.1) is 0 Å². The normalized spacial score (nSPS) is 12.2. The molecule has 1 unspecified atom stereocenters. The minimum atomic E-state index is 0.340. The van der Waals surface area contributed by atoms with Crippen LogP contribution < -0.4 is 5.32 Å². The summed E-state index contributed by atoms with van der Waals surface area (Å²) in [5.74, 6) is 0. The van der Waals surface area contributed by atoms with Gasteiger partial charge in [0.25, 0.3) is 0 Å². The number of hydrogen-bond donors (Lipinski definition) is 1. The Bertz CT molecular complexity index is 508.